The zero-order valence-corrected chi connectivity index (χ0v) is 21.8. The Morgan fingerprint density at radius 2 is 1.13 bits per heavy atom. The van der Waals surface area contributed by atoms with Crippen LogP contribution in [0.1, 0.15) is 0 Å². The topological polar surface area (TPSA) is 8.17 Å². The van der Waals surface area contributed by atoms with Crippen LogP contribution >= 0.6 is 0 Å². The van der Waals surface area contributed by atoms with Crippen molar-refractivity contribution in [3.63, 3.8) is 0 Å². The van der Waals surface area contributed by atoms with Gasteiger partial charge in [-0.2, -0.15) is 0 Å². The lowest BCUT2D eigenvalue weighted by Gasteiger charge is -2.28. The first-order valence-corrected chi connectivity index (χ1v) is 13.4. The summed E-state index contributed by atoms with van der Waals surface area (Å²) in [6.45, 7) is 0. The minimum atomic E-state index is 1.12. The first kappa shape index (κ1) is 23.1. The molecule has 0 aliphatic carbocycles. The van der Waals surface area contributed by atoms with Gasteiger partial charge in [0, 0.05) is 33.4 Å². The van der Waals surface area contributed by atoms with Gasteiger partial charge in [0.25, 0.3) is 0 Å². The van der Waals surface area contributed by atoms with E-state index in [1.165, 1.54) is 38.4 Å². The molecule has 0 amide bonds. The molecule has 0 fully saturated rings. The largest absolute Gasteiger partial charge is 0.310 e. The molecule has 0 saturated heterocycles. The molecule has 6 aromatic carbocycles. The summed E-state index contributed by atoms with van der Waals surface area (Å²) in [5.74, 6) is 0. The molecule has 7 aromatic rings. The van der Waals surface area contributed by atoms with Crippen LogP contribution in [0, 0.1) is 0 Å². The second-order valence-corrected chi connectivity index (χ2v) is 9.95. The van der Waals surface area contributed by atoms with E-state index in [4.69, 9.17) is 0 Å². The van der Waals surface area contributed by atoms with Crippen molar-refractivity contribution in [1.29, 1.82) is 0 Å². The van der Waals surface area contributed by atoms with Crippen molar-refractivity contribution in [2.75, 3.05) is 4.90 Å². The summed E-state index contributed by atoms with van der Waals surface area (Å²) in [7, 11) is 2.16. The second kappa shape index (κ2) is 9.70. The minimum Gasteiger partial charge on any atom is -0.310 e. The van der Waals surface area contributed by atoms with Crippen molar-refractivity contribution in [2.24, 2.45) is 0 Å². The number of nitrogens with zero attached hydrogens (tertiary/aromatic N) is 2. The molecule has 3 heteroatoms. The zero-order chi connectivity index (χ0) is 26.2. The summed E-state index contributed by atoms with van der Waals surface area (Å²) in [5, 5.41) is 2.51. The molecule has 0 aliphatic heterocycles. The Balaban J connectivity index is 1.52. The van der Waals surface area contributed by atoms with Gasteiger partial charge in [0.05, 0.1) is 16.7 Å². The molecule has 0 aliphatic rings. The number of rotatable bonds is 5. The molecule has 39 heavy (non-hydrogen) atoms. The quantitative estimate of drug-likeness (QED) is 0.217. The number of fused-ring (bicyclic) bond motifs is 3. The summed E-state index contributed by atoms with van der Waals surface area (Å²) in [6, 6.07) is 54.3. The van der Waals surface area contributed by atoms with Gasteiger partial charge >= 0.3 is 0 Å². The second-order valence-electron chi connectivity index (χ2n) is 9.95. The third-order valence-corrected chi connectivity index (χ3v) is 7.42. The summed E-state index contributed by atoms with van der Waals surface area (Å²) in [6.07, 6.45) is 0. The van der Waals surface area contributed by atoms with E-state index in [1.54, 1.807) is 0 Å². The number of para-hydroxylation sites is 3. The third kappa shape index (κ3) is 4.09. The fourth-order valence-corrected chi connectivity index (χ4v) is 5.65. The fraction of sp³-hybridized carbons (Fsp3) is 0. The highest BCUT2D eigenvalue weighted by atomic mass is 15.1. The molecule has 0 saturated carbocycles. The molecule has 0 spiro atoms. The van der Waals surface area contributed by atoms with Crippen molar-refractivity contribution >= 4 is 52.2 Å². The summed E-state index contributed by atoms with van der Waals surface area (Å²) < 4.78 is 2.38. The molecule has 0 N–H and O–H groups in total. The highest BCUT2D eigenvalue weighted by molar-refractivity contribution is 6.32. The Morgan fingerprint density at radius 3 is 1.90 bits per heavy atom. The molecule has 1 aromatic heterocycles. The van der Waals surface area contributed by atoms with Crippen LogP contribution in [0.25, 0.3) is 38.6 Å². The predicted octanol–water partition coefficient (Wildman–Crippen LogP) is 8.18. The van der Waals surface area contributed by atoms with Crippen LogP contribution in [0.3, 0.4) is 0 Å². The minimum absolute atomic E-state index is 1.12. The first-order chi connectivity index (χ1) is 19.3. The molecule has 2 nitrogen and oxygen atoms in total. The van der Waals surface area contributed by atoms with Crippen molar-refractivity contribution in [3.8, 4) is 16.8 Å². The summed E-state index contributed by atoms with van der Waals surface area (Å²) in [5.41, 5.74) is 10.6. The standard InChI is InChI=1S/C36H27BN2/c37-27-20-23-35(33(24-27)26-12-4-1-5-13-26)38(28-14-6-2-7-15-28)30-21-22-32-31-18-10-11-19-34(31)39(36(32)25-30)29-16-8-3-9-17-29/h1-25H,37H2. The maximum Gasteiger partial charge on any atom is 0.139 e. The Kier molecular flexibility index (Phi) is 5.75. The smallest absolute Gasteiger partial charge is 0.139 e. The summed E-state index contributed by atoms with van der Waals surface area (Å²) >= 11 is 0. The number of aromatic nitrogens is 1. The summed E-state index contributed by atoms with van der Waals surface area (Å²) in [4.78, 5) is 2.38. The number of anilines is 3. The molecular weight excluding hydrogens is 471 g/mol. The lowest BCUT2D eigenvalue weighted by molar-refractivity contribution is 1.18. The van der Waals surface area contributed by atoms with E-state index >= 15 is 0 Å². The van der Waals surface area contributed by atoms with Gasteiger partial charge < -0.3 is 9.47 Å². The molecule has 0 atom stereocenters. The average Bonchev–Trinajstić information content (AvgIpc) is 3.33. The van der Waals surface area contributed by atoms with Crippen LogP contribution in [0.2, 0.25) is 0 Å². The number of hydrogen-bond acceptors (Lipinski definition) is 1. The molecule has 0 bridgehead atoms. The highest BCUT2D eigenvalue weighted by Gasteiger charge is 2.19. The Bertz CT molecular complexity index is 1910. The fourth-order valence-electron chi connectivity index (χ4n) is 5.65. The van der Waals surface area contributed by atoms with Gasteiger partial charge in [0.1, 0.15) is 7.85 Å². The van der Waals surface area contributed by atoms with Gasteiger partial charge in [0.15, 0.2) is 0 Å². The van der Waals surface area contributed by atoms with Gasteiger partial charge in [-0.25, -0.2) is 0 Å². The predicted molar refractivity (Wildman–Crippen MR) is 169 cm³/mol. The normalized spacial score (nSPS) is 11.2. The molecule has 0 radical (unpaired) electrons. The Hall–Kier alpha value is -5.02. The van der Waals surface area contributed by atoms with Crippen LogP contribution in [-0.4, -0.2) is 12.4 Å². The SMILES string of the molecule is Bc1ccc(N(c2ccccc2)c2ccc3c4ccccc4n(-c4ccccc4)c3c2)c(-c2ccccc2)c1. The van der Waals surface area contributed by atoms with E-state index in [0.29, 0.717) is 0 Å². The molecule has 184 valence electrons. The van der Waals surface area contributed by atoms with E-state index in [2.05, 4.69) is 169 Å². The maximum absolute atomic E-state index is 2.38. The number of hydrogen-bond donors (Lipinski definition) is 0. The first-order valence-electron chi connectivity index (χ1n) is 13.4. The molecular formula is C36H27BN2. The molecule has 1 heterocycles. The van der Waals surface area contributed by atoms with Crippen molar-refractivity contribution < 1.29 is 0 Å². The van der Waals surface area contributed by atoms with Gasteiger partial charge in [-0.15, -0.1) is 0 Å². The Labute approximate surface area is 229 Å². The van der Waals surface area contributed by atoms with Crippen LogP contribution in [0.15, 0.2) is 152 Å². The van der Waals surface area contributed by atoms with Crippen LogP contribution in [0.5, 0.6) is 0 Å². The zero-order valence-electron chi connectivity index (χ0n) is 21.8. The maximum atomic E-state index is 2.38. The van der Waals surface area contributed by atoms with Crippen molar-refractivity contribution in [1.82, 2.24) is 4.57 Å². The molecule has 0 unspecified atom stereocenters. The lowest BCUT2D eigenvalue weighted by Crippen LogP contribution is -2.13. The van der Waals surface area contributed by atoms with Gasteiger partial charge in [-0.3, -0.25) is 0 Å². The monoisotopic (exact) mass is 498 g/mol. The van der Waals surface area contributed by atoms with E-state index in [0.717, 1.165) is 22.7 Å². The van der Waals surface area contributed by atoms with Gasteiger partial charge in [-0.05, 0) is 54.1 Å². The van der Waals surface area contributed by atoms with E-state index in [9.17, 15) is 0 Å². The average molecular weight is 498 g/mol. The van der Waals surface area contributed by atoms with Crippen LogP contribution < -0.4 is 10.4 Å². The van der Waals surface area contributed by atoms with Crippen molar-refractivity contribution in [2.45, 2.75) is 0 Å². The van der Waals surface area contributed by atoms with Crippen LogP contribution in [-0.2, 0) is 0 Å². The third-order valence-electron chi connectivity index (χ3n) is 7.42. The van der Waals surface area contributed by atoms with E-state index in [1.807, 2.05) is 0 Å². The number of benzene rings is 6. The van der Waals surface area contributed by atoms with Gasteiger partial charge in [-0.1, -0.05) is 109 Å². The molecule has 7 rings (SSSR count). The van der Waals surface area contributed by atoms with Crippen molar-refractivity contribution in [3.05, 3.63) is 152 Å². The van der Waals surface area contributed by atoms with E-state index < -0.39 is 0 Å². The van der Waals surface area contributed by atoms with E-state index in [-0.39, 0.29) is 0 Å². The van der Waals surface area contributed by atoms with Gasteiger partial charge in [0.2, 0.25) is 0 Å². The van der Waals surface area contributed by atoms with Crippen LogP contribution in [0.4, 0.5) is 17.1 Å². The highest BCUT2D eigenvalue weighted by Crippen LogP contribution is 2.42. The Morgan fingerprint density at radius 1 is 0.487 bits per heavy atom. The lowest BCUT2D eigenvalue weighted by atomic mass is 9.90.